The SMILES string of the molecule is CC(Oc1ccc(Cl)cc1Cl)C(=O)Nc1cccc(NC(=O)c2ccc(C(C)(C)C)cc2)c1. The van der Waals surface area contributed by atoms with Crippen LogP contribution in [0.1, 0.15) is 43.6 Å². The van der Waals surface area contributed by atoms with Gasteiger partial charge in [0.25, 0.3) is 11.8 Å². The lowest BCUT2D eigenvalue weighted by atomic mass is 9.87. The third-order valence-corrected chi connectivity index (χ3v) is 5.50. The van der Waals surface area contributed by atoms with E-state index in [2.05, 4.69) is 31.4 Å². The molecule has 0 heterocycles. The van der Waals surface area contributed by atoms with E-state index in [4.69, 9.17) is 27.9 Å². The minimum atomic E-state index is -0.803. The normalized spacial score (nSPS) is 12.1. The molecule has 0 saturated carbocycles. The van der Waals surface area contributed by atoms with Gasteiger partial charge in [-0.05, 0) is 66.4 Å². The number of ether oxygens (including phenoxy) is 1. The van der Waals surface area contributed by atoms with E-state index in [-0.39, 0.29) is 17.2 Å². The van der Waals surface area contributed by atoms with E-state index in [0.717, 1.165) is 5.56 Å². The van der Waals surface area contributed by atoms with Gasteiger partial charge in [0.15, 0.2) is 6.10 Å². The summed E-state index contributed by atoms with van der Waals surface area (Å²) in [5, 5.41) is 6.45. The first-order valence-corrected chi connectivity index (χ1v) is 11.2. The fraction of sp³-hybridized carbons (Fsp3) is 0.231. The molecule has 0 aliphatic heterocycles. The molecule has 0 radical (unpaired) electrons. The average molecular weight is 485 g/mol. The van der Waals surface area contributed by atoms with Gasteiger partial charge < -0.3 is 15.4 Å². The molecule has 0 bridgehead atoms. The smallest absolute Gasteiger partial charge is 0.265 e. The molecule has 2 amide bonds. The second kappa shape index (κ2) is 10.3. The molecule has 3 aromatic rings. The molecular weight excluding hydrogens is 459 g/mol. The molecular formula is C26H26Cl2N2O3. The number of hydrogen-bond acceptors (Lipinski definition) is 3. The largest absolute Gasteiger partial charge is 0.479 e. The summed E-state index contributed by atoms with van der Waals surface area (Å²) in [7, 11) is 0. The zero-order valence-electron chi connectivity index (χ0n) is 18.9. The highest BCUT2D eigenvalue weighted by molar-refractivity contribution is 6.35. The van der Waals surface area contributed by atoms with Crippen molar-refractivity contribution in [1.82, 2.24) is 0 Å². The Morgan fingerprint density at radius 3 is 2.12 bits per heavy atom. The van der Waals surface area contributed by atoms with Gasteiger partial charge in [0.2, 0.25) is 0 Å². The maximum absolute atomic E-state index is 12.6. The number of rotatable bonds is 6. The van der Waals surface area contributed by atoms with Gasteiger partial charge in [0.1, 0.15) is 5.75 Å². The fourth-order valence-corrected chi connectivity index (χ4v) is 3.51. The van der Waals surface area contributed by atoms with E-state index in [1.165, 1.54) is 0 Å². The van der Waals surface area contributed by atoms with Gasteiger partial charge in [0.05, 0.1) is 5.02 Å². The number of amides is 2. The highest BCUT2D eigenvalue weighted by Crippen LogP contribution is 2.28. The summed E-state index contributed by atoms with van der Waals surface area (Å²) >= 11 is 12.0. The van der Waals surface area contributed by atoms with Crippen LogP contribution in [0.3, 0.4) is 0 Å². The lowest BCUT2D eigenvalue weighted by Crippen LogP contribution is -2.30. The van der Waals surface area contributed by atoms with Crippen molar-refractivity contribution < 1.29 is 14.3 Å². The molecule has 0 aliphatic carbocycles. The highest BCUT2D eigenvalue weighted by atomic mass is 35.5. The van der Waals surface area contributed by atoms with Gasteiger partial charge in [-0.15, -0.1) is 0 Å². The van der Waals surface area contributed by atoms with Crippen LogP contribution in [0.5, 0.6) is 5.75 Å². The fourth-order valence-electron chi connectivity index (χ4n) is 3.06. The lowest BCUT2D eigenvalue weighted by molar-refractivity contribution is -0.122. The molecule has 0 saturated heterocycles. The van der Waals surface area contributed by atoms with E-state index in [1.54, 1.807) is 49.4 Å². The molecule has 3 rings (SSSR count). The van der Waals surface area contributed by atoms with Gasteiger partial charge in [-0.1, -0.05) is 62.2 Å². The van der Waals surface area contributed by atoms with Crippen LogP contribution in [-0.2, 0) is 10.2 Å². The maximum Gasteiger partial charge on any atom is 0.265 e. The van der Waals surface area contributed by atoms with E-state index in [1.807, 2.05) is 24.3 Å². The molecule has 0 aromatic heterocycles. The molecule has 0 aliphatic rings. The second-order valence-electron chi connectivity index (χ2n) is 8.69. The molecule has 1 atom stereocenters. The topological polar surface area (TPSA) is 67.4 Å². The average Bonchev–Trinajstić information content (AvgIpc) is 2.75. The molecule has 5 nitrogen and oxygen atoms in total. The quantitative estimate of drug-likeness (QED) is 0.397. The second-order valence-corrected chi connectivity index (χ2v) is 9.53. The number of halogens is 2. The third kappa shape index (κ3) is 6.73. The van der Waals surface area contributed by atoms with Crippen molar-refractivity contribution in [3.63, 3.8) is 0 Å². The third-order valence-electron chi connectivity index (χ3n) is 4.97. The van der Waals surface area contributed by atoms with E-state index in [9.17, 15) is 9.59 Å². The number of benzene rings is 3. The van der Waals surface area contributed by atoms with Crippen LogP contribution >= 0.6 is 23.2 Å². The van der Waals surface area contributed by atoms with E-state index >= 15 is 0 Å². The zero-order chi connectivity index (χ0) is 24.2. The summed E-state index contributed by atoms with van der Waals surface area (Å²) in [6, 6.07) is 19.2. The van der Waals surface area contributed by atoms with E-state index in [0.29, 0.717) is 32.7 Å². The molecule has 0 fully saturated rings. The summed E-state index contributed by atoms with van der Waals surface area (Å²) in [4.78, 5) is 25.2. The van der Waals surface area contributed by atoms with Gasteiger partial charge >= 0.3 is 0 Å². The van der Waals surface area contributed by atoms with Crippen LogP contribution in [0.15, 0.2) is 66.7 Å². The monoisotopic (exact) mass is 484 g/mol. The van der Waals surface area contributed by atoms with Crippen molar-refractivity contribution >= 4 is 46.4 Å². The molecule has 33 heavy (non-hydrogen) atoms. The number of anilines is 2. The van der Waals surface area contributed by atoms with Gasteiger partial charge in [-0.2, -0.15) is 0 Å². The van der Waals surface area contributed by atoms with Gasteiger partial charge in [-0.3, -0.25) is 9.59 Å². The van der Waals surface area contributed by atoms with Crippen LogP contribution in [0.4, 0.5) is 11.4 Å². The number of hydrogen-bond donors (Lipinski definition) is 2. The first-order chi connectivity index (χ1) is 15.5. The Morgan fingerprint density at radius 2 is 1.52 bits per heavy atom. The van der Waals surface area contributed by atoms with Crippen molar-refractivity contribution in [2.45, 2.75) is 39.2 Å². The first-order valence-electron chi connectivity index (χ1n) is 10.5. The molecule has 7 heteroatoms. The van der Waals surface area contributed by atoms with Crippen molar-refractivity contribution in [3.8, 4) is 5.75 Å². The van der Waals surface area contributed by atoms with Crippen LogP contribution in [-0.4, -0.2) is 17.9 Å². The summed E-state index contributed by atoms with van der Waals surface area (Å²) in [6.45, 7) is 7.99. The van der Waals surface area contributed by atoms with Crippen LogP contribution < -0.4 is 15.4 Å². The lowest BCUT2D eigenvalue weighted by Gasteiger charge is -2.19. The number of carbonyl (C=O) groups is 2. The zero-order valence-corrected chi connectivity index (χ0v) is 20.4. The molecule has 0 spiro atoms. The molecule has 2 N–H and O–H groups in total. The minimum absolute atomic E-state index is 0.0152. The molecule has 172 valence electrons. The van der Waals surface area contributed by atoms with Crippen molar-refractivity contribution in [1.29, 1.82) is 0 Å². The molecule has 1 unspecified atom stereocenters. The summed E-state index contributed by atoms with van der Waals surface area (Å²) < 4.78 is 5.65. The number of nitrogens with one attached hydrogen (secondary N) is 2. The van der Waals surface area contributed by atoms with Crippen molar-refractivity contribution in [3.05, 3.63) is 87.9 Å². The van der Waals surface area contributed by atoms with Crippen molar-refractivity contribution in [2.75, 3.05) is 10.6 Å². The Hall–Kier alpha value is -3.02. The minimum Gasteiger partial charge on any atom is -0.479 e. The Labute approximate surface area is 204 Å². The first kappa shape index (κ1) is 24.6. The summed E-state index contributed by atoms with van der Waals surface area (Å²) in [5.41, 5.74) is 2.81. The predicted octanol–water partition coefficient (Wildman–Crippen LogP) is 6.95. The predicted molar refractivity (Wildman–Crippen MR) is 135 cm³/mol. The van der Waals surface area contributed by atoms with Crippen molar-refractivity contribution in [2.24, 2.45) is 0 Å². The Bertz CT molecular complexity index is 1150. The Morgan fingerprint density at radius 1 is 0.879 bits per heavy atom. The summed E-state index contributed by atoms with van der Waals surface area (Å²) in [6.07, 6.45) is -0.803. The van der Waals surface area contributed by atoms with Crippen LogP contribution in [0.25, 0.3) is 0 Å². The van der Waals surface area contributed by atoms with Gasteiger partial charge in [-0.25, -0.2) is 0 Å². The van der Waals surface area contributed by atoms with Crippen LogP contribution in [0.2, 0.25) is 10.0 Å². The summed E-state index contributed by atoms with van der Waals surface area (Å²) in [5.74, 6) is -0.225. The number of carbonyl (C=O) groups excluding carboxylic acids is 2. The maximum atomic E-state index is 12.6. The van der Waals surface area contributed by atoms with Gasteiger partial charge in [0, 0.05) is 22.0 Å². The Balaban J connectivity index is 1.63. The Kier molecular flexibility index (Phi) is 7.67. The molecule has 3 aromatic carbocycles. The standard InChI is InChI=1S/C26H26Cl2N2O3/c1-16(33-23-13-12-19(27)14-22(23)28)24(31)29-20-6-5-7-21(15-20)30-25(32)17-8-10-18(11-9-17)26(2,3)4/h5-16H,1-4H3,(H,29,31)(H,30,32). The van der Waals surface area contributed by atoms with Crippen LogP contribution in [0, 0.1) is 0 Å². The van der Waals surface area contributed by atoms with E-state index < -0.39 is 6.10 Å². The highest BCUT2D eigenvalue weighted by Gasteiger charge is 2.17.